The number of para-hydroxylation sites is 1. The average molecular weight is 463 g/mol. The number of aromatic nitrogens is 3. The Bertz CT molecular complexity index is 1270. The molecule has 33 heavy (non-hydrogen) atoms. The Labute approximate surface area is 200 Å². The van der Waals surface area contributed by atoms with Crippen LogP contribution in [0.4, 0.5) is 0 Å². The van der Waals surface area contributed by atoms with Gasteiger partial charge in [0.15, 0.2) is 0 Å². The molecule has 0 N–H and O–H groups in total. The summed E-state index contributed by atoms with van der Waals surface area (Å²) in [4.78, 5) is 20.0. The summed E-state index contributed by atoms with van der Waals surface area (Å²) in [5, 5.41) is 0.452. The van der Waals surface area contributed by atoms with Crippen LogP contribution in [0, 0.1) is 13.8 Å². The van der Waals surface area contributed by atoms with E-state index in [1.807, 2.05) is 52.8 Å². The van der Waals surface area contributed by atoms with E-state index in [-0.39, 0.29) is 5.91 Å². The molecule has 0 atom stereocenters. The van der Waals surface area contributed by atoms with Gasteiger partial charge in [-0.1, -0.05) is 31.5 Å². The highest BCUT2D eigenvalue weighted by Crippen LogP contribution is 2.25. The van der Waals surface area contributed by atoms with Crippen LogP contribution in [-0.4, -0.2) is 31.5 Å². The van der Waals surface area contributed by atoms with Crippen molar-refractivity contribution in [1.29, 1.82) is 0 Å². The van der Waals surface area contributed by atoms with Crippen molar-refractivity contribution >= 4 is 28.5 Å². The molecule has 0 fully saturated rings. The summed E-state index contributed by atoms with van der Waals surface area (Å²) >= 11 is 6.28. The second-order valence-corrected chi connectivity index (χ2v) is 8.81. The molecule has 1 amide bonds. The number of fused-ring (bicyclic) bond motifs is 1. The Kier molecular flexibility index (Phi) is 6.89. The Morgan fingerprint density at radius 2 is 1.82 bits per heavy atom. The lowest BCUT2D eigenvalue weighted by Gasteiger charge is -2.23. The Hall–Kier alpha value is -3.05. The normalized spacial score (nSPS) is 11.3. The summed E-state index contributed by atoms with van der Waals surface area (Å²) in [6.45, 7) is 10.5. The molecular formula is C27H31ClN4O. The number of carbonyl (C=O) groups excluding carboxylic acids is 1. The number of hydrogen-bond donors (Lipinski definition) is 0. The van der Waals surface area contributed by atoms with Crippen molar-refractivity contribution in [2.75, 3.05) is 6.54 Å². The molecule has 0 aliphatic rings. The number of halogens is 1. The van der Waals surface area contributed by atoms with E-state index in [0.29, 0.717) is 23.9 Å². The summed E-state index contributed by atoms with van der Waals surface area (Å²) in [7, 11) is 0. The highest BCUT2D eigenvalue weighted by molar-refractivity contribution is 6.29. The van der Waals surface area contributed by atoms with Crippen LogP contribution < -0.4 is 0 Å². The average Bonchev–Trinajstić information content (AvgIpc) is 3.29. The monoisotopic (exact) mass is 462 g/mol. The Balaban J connectivity index is 1.65. The predicted molar refractivity (Wildman–Crippen MR) is 135 cm³/mol. The molecule has 0 aliphatic heterocycles. The molecule has 4 rings (SSSR count). The number of unbranched alkanes of at least 4 members (excludes halogenated alkanes) is 1. The number of hydrogen-bond acceptors (Lipinski definition) is 2. The summed E-state index contributed by atoms with van der Waals surface area (Å²) in [5.74, 6) is 0.0250. The van der Waals surface area contributed by atoms with Gasteiger partial charge in [-0.05, 0) is 80.8 Å². The van der Waals surface area contributed by atoms with Gasteiger partial charge in [-0.2, -0.15) is 0 Å². The number of rotatable bonds is 8. The van der Waals surface area contributed by atoms with Crippen LogP contribution in [0.15, 0.2) is 54.6 Å². The lowest BCUT2D eigenvalue weighted by atomic mass is 10.1. The van der Waals surface area contributed by atoms with E-state index in [4.69, 9.17) is 11.6 Å². The molecule has 2 aromatic heterocycles. The molecule has 0 saturated carbocycles. The van der Waals surface area contributed by atoms with Gasteiger partial charge in [0.2, 0.25) is 5.28 Å². The second kappa shape index (κ2) is 9.84. The van der Waals surface area contributed by atoms with Crippen LogP contribution in [0.25, 0.3) is 16.7 Å². The van der Waals surface area contributed by atoms with Crippen LogP contribution in [0.3, 0.4) is 0 Å². The molecule has 2 aromatic carbocycles. The third-order valence-corrected chi connectivity index (χ3v) is 6.53. The maximum absolute atomic E-state index is 13.6. The molecular weight excluding hydrogens is 432 g/mol. The summed E-state index contributed by atoms with van der Waals surface area (Å²) in [6.07, 6.45) is 1.99. The second-order valence-electron chi connectivity index (χ2n) is 8.48. The van der Waals surface area contributed by atoms with Crippen LogP contribution in [-0.2, 0) is 13.1 Å². The number of imidazole rings is 1. The zero-order chi connectivity index (χ0) is 23.5. The quantitative estimate of drug-likeness (QED) is 0.297. The molecule has 0 bridgehead atoms. The first kappa shape index (κ1) is 23.1. The molecule has 0 saturated heterocycles. The topological polar surface area (TPSA) is 43.1 Å². The Morgan fingerprint density at radius 3 is 2.52 bits per heavy atom. The van der Waals surface area contributed by atoms with Gasteiger partial charge < -0.3 is 14.0 Å². The SMILES string of the molecule is CCCCN(Cc1cc(C)n(-c2ccccc2)c1C)C(=O)c1ccc2c(c1)nc(Cl)n2CC. The van der Waals surface area contributed by atoms with E-state index >= 15 is 0 Å². The standard InChI is InChI=1S/C27H31ClN4O/c1-5-7-15-30(18-22-16-19(3)32(20(22)4)23-11-9-8-10-12-23)26(33)21-13-14-25-24(17-21)29-27(28)31(25)6-2/h8-14,16-17H,5-7,15,18H2,1-4H3. The van der Waals surface area contributed by atoms with Gasteiger partial charge >= 0.3 is 0 Å². The van der Waals surface area contributed by atoms with E-state index in [9.17, 15) is 4.79 Å². The minimum absolute atomic E-state index is 0.0250. The highest BCUT2D eigenvalue weighted by atomic mass is 35.5. The van der Waals surface area contributed by atoms with Crippen molar-refractivity contribution in [2.45, 2.75) is 53.6 Å². The first-order valence-corrected chi connectivity index (χ1v) is 12.0. The number of nitrogens with zero attached hydrogens (tertiary/aromatic N) is 4. The maximum Gasteiger partial charge on any atom is 0.254 e. The molecule has 0 unspecified atom stereocenters. The number of benzene rings is 2. The van der Waals surface area contributed by atoms with E-state index < -0.39 is 0 Å². The molecule has 4 aromatic rings. The van der Waals surface area contributed by atoms with Crippen molar-refractivity contribution in [2.24, 2.45) is 0 Å². The highest BCUT2D eigenvalue weighted by Gasteiger charge is 2.20. The maximum atomic E-state index is 13.6. The smallest absolute Gasteiger partial charge is 0.254 e. The van der Waals surface area contributed by atoms with Crippen LogP contribution in [0.2, 0.25) is 5.28 Å². The molecule has 0 radical (unpaired) electrons. The van der Waals surface area contributed by atoms with Crippen molar-refractivity contribution in [1.82, 2.24) is 19.0 Å². The molecule has 0 aliphatic carbocycles. The van der Waals surface area contributed by atoms with Crippen LogP contribution >= 0.6 is 11.6 Å². The summed E-state index contributed by atoms with van der Waals surface area (Å²) in [5.41, 5.74) is 6.98. The van der Waals surface area contributed by atoms with Gasteiger partial charge in [-0.25, -0.2) is 4.98 Å². The largest absolute Gasteiger partial charge is 0.334 e. The van der Waals surface area contributed by atoms with E-state index in [0.717, 1.165) is 47.5 Å². The Morgan fingerprint density at radius 1 is 1.06 bits per heavy atom. The van der Waals surface area contributed by atoms with E-state index in [1.54, 1.807) is 0 Å². The minimum Gasteiger partial charge on any atom is -0.334 e. The van der Waals surface area contributed by atoms with Gasteiger partial charge in [0, 0.05) is 42.3 Å². The summed E-state index contributed by atoms with van der Waals surface area (Å²) in [6, 6.07) is 18.2. The third kappa shape index (κ3) is 4.55. The van der Waals surface area contributed by atoms with Crippen molar-refractivity contribution in [3.63, 3.8) is 0 Å². The first-order valence-electron chi connectivity index (χ1n) is 11.6. The van der Waals surface area contributed by atoms with Crippen molar-refractivity contribution in [3.8, 4) is 5.69 Å². The van der Waals surface area contributed by atoms with Crippen molar-refractivity contribution in [3.05, 3.63) is 82.4 Å². The fraction of sp³-hybridized carbons (Fsp3) is 0.333. The molecule has 5 nitrogen and oxygen atoms in total. The van der Waals surface area contributed by atoms with Gasteiger partial charge in [0.1, 0.15) is 0 Å². The van der Waals surface area contributed by atoms with Crippen LogP contribution in [0.5, 0.6) is 0 Å². The van der Waals surface area contributed by atoms with Gasteiger partial charge in [0.25, 0.3) is 5.91 Å². The van der Waals surface area contributed by atoms with Crippen LogP contribution in [0.1, 0.15) is 54.0 Å². The third-order valence-electron chi connectivity index (χ3n) is 6.25. The first-order chi connectivity index (χ1) is 15.9. The van der Waals surface area contributed by atoms with Gasteiger partial charge in [-0.15, -0.1) is 0 Å². The lowest BCUT2D eigenvalue weighted by Crippen LogP contribution is -2.31. The zero-order valence-corrected chi connectivity index (χ0v) is 20.6. The summed E-state index contributed by atoms with van der Waals surface area (Å²) < 4.78 is 4.20. The lowest BCUT2D eigenvalue weighted by molar-refractivity contribution is 0.0740. The number of amides is 1. The van der Waals surface area contributed by atoms with E-state index in [2.05, 4.69) is 48.5 Å². The van der Waals surface area contributed by atoms with Crippen molar-refractivity contribution < 1.29 is 4.79 Å². The molecule has 2 heterocycles. The minimum atomic E-state index is 0.0250. The molecule has 172 valence electrons. The fourth-order valence-corrected chi connectivity index (χ4v) is 4.79. The predicted octanol–water partition coefficient (Wildman–Crippen LogP) is 6.56. The van der Waals surface area contributed by atoms with Gasteiger partial charge in [-0.3, -0.25) is 4.79 Å². The molecule has 0 spiro atoms. The van der Waals surface area contributed by atoms with E-state index in [1.165, 1.54) is 5.56 Å². The molecule has 6 heteroatoms. The van der Waals surface area contributed by atoms with Gasteiger partial charge in [0.05, 0.1) is 11.0 Å². The fourth-order valence-electron chi connectivity index (χ4n) is 4.49. The zero-order valence-electron chi connectivity index (χ0n) is 19.8. The number of aryl methyl sites for hydroxylation is 2. The number of carbonyl (C=O) groups is 1.